The van der Waals surface area contributed by atoms with Crippen molar-refractivity contribution in [2.45, 2.75) is 26.8 Å². The summed E-state index contributed by atoms with van der Waals surface area (Å²) in [6, 6.07) is 18.8. The molecule has 0 aromatic heterocycles. The molecular formula is C23H31N3O. The summed E-state index contributed by atoms with van der Waals surface area (Å²) in [5.74, 6) is 0.217. The largest absolute Gasteiger partial charge is 0.313 e. The van der Waals surface area contributed by atoms with Crippen molar-refractivity contribution in [3.8, 4) is 0 Å². The van der Waals surface area contributed by atoms with Gasteiger partial charge in [0.05, 0.1) is 0 Å². The molecule has 0 aliphatic carbocycles. The summed E-state index contributed by atoms with van der Waals surface area (Å²) in [7, 11) is 0. The normalized spacial score (nSPS) is 15.6. The monoisotopic (exact) mass is 365 g/mol. The SMILES string of the molecule is CCN(C(=O)CCN1CCN(Cc2ccccc2)CC1)c1cccc(C)c1. The average molecular weight is 366 g/mol. The van der Waals surface area contributed by atoms with Gasteiger partial charge in [-0.2, -0.15) is 0 Å². The Balaban J connectivity index is 1.44. The minimum Gasteiger partial charge on any atom is -0.313 e. The first kappa shape index (κ1) is 19.6. The third-order valence-electron chi connectivity index (χ3n) is 5.29. The van der Waals surface area contributed by atoms with E-state index in [1.54, 1.807) is 0 Å². The molecule has 1 aliphatic heterocycles. The quantitative estimate of drug-likeness (QED) is 0.751. The maximum absolute atomic E-state index is 12.7. The molecule has 3 rings (SSSR count). The van der Waals surface area contributed by atoms with Gasteiger partial charge < -0.3 is 9.80 Å². The summed E-state index contributed by atoms with van der Waals surface area (Å²) >= 11 is 0. The van der Waals surface area contributed by atoms with E-state index in [0.29, 0.717) is 13.0 Å². The van der Waals surface area contributed by atoms with Crippen LogP contribution >= 0.6 is 0 Å². The second kappa shape index (κ2) is 9.67. The fourth-order valence-electron chi connectivity index (χ4n) is 3.70. The number of aryl methyl sites for hydroxylation is 1. The number of carbonyl (C=O) groups excluding carboxylic acids is 1. The molecule has 4 nitrogen and oxygen atoms in total. The van der Waals surface area contributed by atoms with Crippen LogP contribution < -0.4 is 4.90 Å². The molecule has 0 bridgehead atoms. The van der Waals surface area contributed by atoms with Crippen molar-refractivity contribution in [2.24, 2.45) is 0 Å². The number of hydrogen-bond acceptors (Lipinski definition) is 3. The van der Waals surface area contributed by atoms with Gasteiger partial charge in [-0.05, 0) is 37.1 Å². The summed E-state index contributed by atoms with van der Waals surface area (Å²) in [4.78, 5) is 19.5. The maximum Gasteiger partial charge on any atom is 0.228 e. The highest BCUT2D eigenvalue weighted by Crippen LogP contribution is 2.17. The zero-order valence-electron chi connectivity index (χ0n) is 16.6. The standard InChI is InChI=1S/C23H31N3O/c1-3-26(22-11-7-8-20(2)18-22)23(27)12-13-24-14-16-25(17-15-24)19-21-9-5-4-6-10-21/h4-11,18H,3,12-17,19H2,1-2H3. The third kappa shape index (κ3) is 5.65. The van der Waals surface area contributed by atoms with Crippen molar-refractivity contribution in [1.29, 1.82) is 0 Å². The fraction of sp³-hybridized carbons (Fsp3) is 0.435. The zero-order chi connectivity index (χ0) is 19.1. The molecule has 1 heterocycles. The highest BCUT2D eigenvalue weighted by molar-refractivity contribution is 5.93. The van der Waals surface area contributed by atoms with Gasteiger partial charge in [0.2, 0.25) is 5.91 Å². The van der Waals surface area contributed by atoms with E-state index < -0.39 is 0 Å². The number of piperazine rings is 1. The minimum atomic E-state index is 0.217. The number of amides is 1. The molecule has 4 heteroatoms. The molecule has 144 valence electrons. The number of hydrogen-bond donors (Lipinski definition) is 0. The van der Waals surface area contributed by atoms with Crippen LogP contribution in [0.25, 0.3) is 0 Å². The van der Waals surface area contributed by atoms with Crippen molar-refractivity contribution in [2.75, 3.05) is 44.2 Å². The van der Waals surface area contributed by atoms with E-state index in [0.717, 1.165) is 45.0 Å². The van der Waals surface area contributed by atoms with E-state index in [1.165, 1.54) is 11.1 Å². The van der Waals surface area contributed by atoms with E-state index in [9.17, 15) is 4.79 Å². The molecule has 2 aromatic carbocycles. The lowest BCUT2D eigenvalue weighted by molar-refractivity contribution is -0.119. The van der Waals surface area contributed by atoms with E-state index in [1.807, 2.05) is 24.0 Å². The average Bonchev–Trinajstić information content (AvgIpc) is 2.69. The Labute approximate surface area is 163 Å². The second-order valence-corrected chi connectivity index (χ2v) is 7.33. The smallest absolute Gasteiger partial charge is 0.228 e. The van der Waals surface area contributed by atoms with Crippen LogP contribution in [0.3, 0.4) is 0 Å². The molecule has 1 amide bonds. The fourth-order valence-corrected chi connectivity index (χ4v) is 3.70. The van der Waals surface area contributed by atoms with Crippen molar-refractivity contribution in [3.63, 3.8) is 0 Å². The topological polar surface area (TPSA) is 26.8 Å². The Kier molecular flexibility index (Phi) is 7.02. The van der Waals surface area contributed by atoms with Crippen LogP contribution in [0.15, 0.2) is 54.6 Å². The van der Waals surface area contributed by atoms with E-state index >= 15 is 0 Å². The lowest BCUT2D eigenvalue weighted by Crippen LogP contribution is -2.47. The Morgan fingerprint density at radius 1 is 0.963 bits per heavy atom. The number of carbonyl (C=O) groups is 1. The molecule has 1 saturated heterocycles. The first-order valence-electron chi connectivity index (χ1n) is 10.0. The summed E-state index contributed by atoms with van der Waals surface area (Å²) in [5.41, 5.74) is 3.57. The summed E-state index contributed by atoms with van der Waals surface area (Å²) in [6.45, 7) is 10.9. The van der Waals surface area contributed by atoms with Gasteiger partial charge in [0, 0.05) is 57.9 Å². The highest BCUT2D eigenvalue weighted by Gasteiger charge is 2.19. The van der Waals surface area contributed by atoms with E-state index in [2.05, 4.69) is 59.2 Å². The van der Waals surface area contributed by atoms with Gasteiger partial charge in [-0.1, -0.05) is 42.5 Å². The Hall–Kier alpha value is -2.17. The first-order chi connectivity index (χ1) is 13.2. The molecule has 27 heavy (non-hydrogen) atoms. The second-order valence-electron chi connectivity index (χ2n) is 7.33. The van der Waals surface area contributed by atoms with Gasteiger partial charge in [0.25, 0.3) is 0 Å². The van der Waals surface area contributed by atoms with Gasteiger partial charge in [-0.15, -0.1) is 0 Å². The number of benzene rings is 2. The highest BCUT2D eigenvalue weighted by atomic mass is 16.2. The predicted octanol–water partition coefficient (Wildman–Crippen LogP) is 3.56. The molecule has 0 N–H and O–H groups in total. The van der Waals surface area contributed by atoms with Gasteiger partial charge in [0.15, 0.2) is 0 Å². The Bertz CT molecular complexity index is 723. The molecule has 0 spiro atoms. The molecule has 0 atom stereocenters. The Morgan fingerprint density at radius 3 is 2.33 bits per heavy atom. The zero-order valence-corrected chi connectivity index (χ0v) is 16.6. The summed E-state index contributed by atoms with van der Waals surface area (Å²) < 4.78 is 0. The van der Waals surface area contributed by atoms with Gasteiger partial charge in [-0.3, -0.25) is 9.69 Å². The number of anilines is 1. The van der Waals surface area contributed by atoms with Crippen LogP contribution in [0.1, 0.15) is 24.5 Å². The van der Waals surface area contributed by atoms with Gasteiger partial charge in [0.1, 0.15) is 0 Å². The number of rotatable bonds is 7. The Morgan fingerprint density at radius 2 is 1.67 bits per heavy atom. The molecule has 0 saturated carbocycles. The van der Waals surface area contributed by atoms with Crippen LogP contribution in [-0.2, 0) is 11.3 Å². The van der Waals surface area contributed by atoms with Crippen LogP contribution in [0.2, 0.25) is 0 Å². The van der Waals surface area contributed by atoms with E-state index in [4.69, 9.17) is 0 Å². The van der Waals surface area contributed by atoms with Crippen LogP contribution in [0, 0.1) is 6.92 Å². The van der Waals surface area contributed by atoms with Crippen LogP contribution in [-0.4, -0.2) is 55.0 Å². The molecule has 1 fully saturated rings. The van der Waals surface area contributed by atoms with Gasteiger partial charge >= 0.3 is 0 Å². The molecule has 1 aliphatic rings. The van der Waals surface area contributed by atoms with Gasteiger partial charge in [-0.25, -0.2) is 0 Å². The third-order valence-corrected chi connectivity index (χ3v) is 5.29. The maximum atomic E-state index is 12.7. The molecule has 0 radical (unpaired) electrons. The molecule has 2 aromatic rings. The van der Waals surface area contributed by atoms with Crippen LogP contribution in [0.4, 0.5) is 5.69 Å². The lowest BCUT2D eigenvalue weighted by atomic mass is 10.2. The summed E-state index contributed by atoms with van der Waals surface area (Å²) in [6.07, 6.45) is 0.584. The molecule has 0 unspecified atom stereocenters. The molecular weight excluding hydrogens is 334 g/mol. The van der Waals surface area contributed by atoms with Crippen LogP contribution in [0.5, 0.6) is 0 Å². The van der Waals surface area contributed by atoms with Crippen molar-refractivity contribution in [1.82, 2.24) is 9.80 Å². The number of nitrogens with zero attached hydrogens (tertiary/aromatic N) is 3. The minimum absolute atomic E-state index is 0.217. The van der Waals surface area contributed by atoms with Crippen molar-refractivity contribution in [3.05, 3.63) is 65.7 Å². The summed E-state index contributed by atoms with van der Waals surface area (Å²) in [5, 5.41) is 0. The van der Waals surface area contributed by atoms with E-state index in [-0.39, 0.29) is 5.91 Å². The first-order valence-corrected chi connectivity index (χ1v) is 10.0. The van der Waals surface area contributed by atoms with Crippen molar-refractivity contribution >= 4 is 11.6 Å². The predicted molar refractivity (Wildman–Crippen MR) is 112 cm³/mol. The lowest BCUT2D eigenvalue weighted by Gasteiger charge is -2.35. The van der Waals surface area contributed by atoms with Crippen molar-refractivity contribution < 1.29 is 4.79 Å².